The van der Waals surface area contributed by atoms with Crippen LogP contribution in [-0.2, 0) is 17.5 Å². The van der Waals surface area contributed by atoms with Crippen LogP contribution in [0.15, 0.2) is 18.2 Å². The number of alkyl halides is 3. The molecule has 0 bridgehead atoms. The van der Waals surface area contributed by atoms with Gasteiger partial charge in [-0.3, -0.25) is 4.90 Å². The van der Waals surface area contributed by atoms with Crippen molar-refractivity contribution >= 4 is 6.09 Å². The van der Waals surface area contributed by atoms with Gasteiger partial charge in [0, 0.05) is 6.54 Å². The lowest BCUT2D eigenvalue weighted by Crippen LogP contribution is -2.38. The van der Waals surface area contributed by atoms with Gasteiger partial charge in [-0.25, -0.2) is 4.79 Å². The molecular weight excluding hydrogens is 321 g/mol. The molecular formula is C17H23F3N2O2. The Kier molecular flexibility index (Phi) is 4.86. The second-order valence-corrected chi connectivity index (χ2v) is 7.30. The maximum absolute atomic E-state index is 12.9. The zero-order valence-corrected chi connectivity index (χ0v) is 14.6. The molecule has 1 aromatic rings. The Bertz CT molecular complexity index is 621. The van der Waals surface area contributed by atoms with E-state index in [0.29, 0.717) is 12.1 Å². The number of nitrogens with zero attached hydrogens (tertiary/aromatic N) is 2. The van der Waals surface area contributed by atoms with Gasteiger partial charge in [-0.2, -0.15) is 13.2 Å². The number of benzene rings is 1. The Morgan fingerprint density at radius 2 is 1.92 bits per heavy atom. The lowest BCUT2D eigenvalue weighted by atomic mass is 10.0. The highest BCUT2D eigenvalue weighted by molar-refractivity contribution is 5.70. The molecule has 0 radical (unpaired) electrons. The number of likely N-dealkylation sites (N-methyl/N-ethyl adjacent to an activating group) is 1. The monoisotopic (exact) mass is 344 g/mol. The van der Waals surface area contributed by atoms with Crippen LogP contribution in [0.2, 0.25) is 0 Å². The number of halogens is 3. The number of amides is 1. The molecule has 7 heteroatoms. The first-order chi connectivity index (χ1) is 10.9. The average molecular weight is 344 g/mol. The van der Waals surface area contributed by atoms with E-state index in [-0.39, 0.29) is 12.6 Å². The van der Waals surface area contributed by atoms with Crippen LogP contribution < -0.4 is 0 Å². The summed E-state index contributed by atoms with van der Waals surface area (Å²) < 4.78 is 44.2. The lowest BCUT2D eigenvalue weighted by molar-refractivity contribution is -0.137. The SMILES string of the molecule is CN(C)C[C@H]1c2ccc(C(F)(F)F)cc2CN1C(=O)OC(C)(C)C. The van der Waals surface area contributed by atoms with Gasteiger partial charge >= 0.3 is 12.3 Å². The molecule has 2 rings (SSSR count). The van der Waals surface area contributed by atoms with Gasteiger partial charge in [0.1, 0.15) is 5.60 Å². The van der Waals surface area contributed by atoms with E-state index in [1.165, 1.54) is 11.0 Å². The van der Waals surface area contributed by atoms with E-state index < -0.39 is 23.4 Å². The molecule has 1 aliphatic heterocycles. The van der Waals surface area contributed by atoms with Gasteiger partial charge in [-0.15, -0.1) is 0 Å². The quantitative estimate of drug-likeness (QED) is 0.811. The van der Waals surface area contributed by atoms with Crippen LogP contribution in [0.25, 0.3) is 0 Å². The number of hydrogen-bond donors (Lipinski definition) is 0. The molecule has 1 aromatic carbocycles. The maximum Gasteiger partial charge on any atom is 0.416 e. The first-order valence-corrected chi connectivity index (χ1v) is 7.73. The summed E-state index contributed by atoms with van der Waals surface area (Å²) in [6, 6.07) is 3.34. The highest BCUT2D eigenvalue weighted by Gasteiger charge is 2.38. The third-order valence-electron chi connectivity index (χ3n) is 3.71. The Morgan fingerprint density at radius 1 is 1.29 bits per heavy atom. The summed E-state index contributed by atoms with van der Waals surface area (Å²) in [6.07, 6.45) is -4.91. The molecule has 0 saturated carbocycles. The van der Waals surface area contributed by atoms with Gasteiger partial charge in [-0.1, -0.05) is 6.07 Å². The van der Waals surface area contributed by atoms with E-state index in [1.807, 2.05) is 19.0 Å². The summed E-state index contributed by atoms with van der Waals surface area (Å²) in [4.78, 5) is 15.9. The van der Waals surface area contributed by atoms with E-state index in [2.05, 4.69) is 0 Å². The predicted octanol–water partition coefficient (Wildman–Crippen LogP) is 4.06. The molecule has 0 aromatic heterocycles. The highest BCUT2D eigenvalue weighted by atomic mass is 19.4. The van der Waals surface area contributed by atoms with Gasteiger partial charge in [0.2, 0.25) is 0 Å². The van der Waals surface area contributed by atoms with Crippen LogP contribution in [0.5, 0.6) is 0 Å². The minimum Gasteiger partial charge on any atom is -0.444 e. The summed E-state index contributed by atoms with van der Waals surface area (Å²) in [5, 5.41) is 0. The summed E-state index contributed by atoms with van der Waals surface area (Å²) in [5.41, 5.74) is -0.105. The topological polar surface area (TPSA) is 32.8 Å². The van der Waals surface area contributed by atoms with E-state index in [1.54, 1.807) is 20.8 Å². The third-order valence-corrected chi connectivity index (χ3v) is 3.71. The number of fused-ring (bicyclic) bond motifs is 1. The van der Waals surface area contributed by atoms with E-state index in [0.717, 1.165) is 17.7 Å². The molecule has 24 heavy (non-hydrogen) atoms. The van der Waals surface area contributed by atoms with Crippen molar-refractivity contribution in [2.24, 2.45) is 0 Å². The zero-order valence-electron chi connectivity index (χ0n) is 14.6. The number of hydrogen-bond acceptors (Lipinski definition) is 3. The van der Waals surface area contributed by atoms with Gasteiger partial charge in [0.25, 0.3) is 0 Å². The van der Waals surface area contributed by atoms with Crippen LogP contribution in [0.1, 0.15) is 43.5 Å². The molecule has 1 atom stereocenters. The summed E-state index contributed by atoms with van der Waals surface area (Å²) in [5.74, 6) is 0. The first kappa shape index (κ1) is 18.6. The van der Waals surface area contributed by atoms with Gasteiger partial charge in [0.15, 0.2) is 0 Å². The average Bonchev–Trinajstić information content (AvgIpc) is 2.73. The van der Waals surface area contributed by atoms with Crippen molar-refractivity contribution < 1.29 is 22.7 Å². The number of ether oxygens (including phenoxy) is 1. The smallest absolute Gasteiger partial charge is 0.416 e. The van der Waals surface area contributed by atoms with Crippen LogP contribution in [0.3, 0.4) is 0 Å². The molecule has 4 nitrogen and oxygen atoms in total. The normalized spacial score (nSPS) is 18.0. The number of carbonyl (C=O) groups is 1. The Hall–Kier alpha value is -1.76. The van der Waals surface area contributed by atoms with E-state index in [4.69, 9.17) is 4.74 Å². The van der Waals surface area contributed by atoms with Gasteiger partial charge in [-0.05, 0) is 58.1 Å². The Balaban J connectivity index is 2.35. The second-order valence-electron chi connectivity index (χ2n) is 7.30. The van der Waals surface area contributed by atoms with Crippen LogP contribution in [0.4, 0.5) is 18.0 Å². The van der Waals surface area contributed by atoms with Crippen molar-refractivity contribution in [1.82, 2.24) is 9.80 Å². The zero-order chi connectivity index (χ0) is 18.3. The number of carbonyl (C=O) groups excluding carboxylic acids is 1. The first-order valence-electron chi connectivity index (χ1n) is 7.73. The maximum atomic E-state index is 12.9. The minimum absolute atomic E-state index is 0.118. The molecule has 0 saturated heterocycles. The molecule has 1 amide bonds. The minimum atomic E-state index is -4.40. The lowest BCUT2D eigenvalue weighted by Gasteiger charge is -2.30. The van der Waals surface area contributed by atoms with Crippen molar-refractivity contribution in [3.05, 3.63) is 34.9 Å². The molecule has 0 aliphatic carbocycles. The standard InChI is InChI=1S/C17H23F3N2O2/c1-16(2,3)24-15(23)22-9-11-8-12(17(18,19)20)6-7-13(11)14(22)10-21(4)5/h6-8,14H,9-10H2,1-5H3/t14-/m0/s1. The molecule has 1 aliphatic rings. The van der Waals surface area contributed by atoms with Crippen molar-refractivity contribution in [2.45, 2.75) is 45.1 Å². The van der Waals surface area contributed by atoms with E-state index >= 15 is 0 Å². The highest BCUT2D eigenvalue weighted by Crippen LogP contribution is 2.39. The Morgan fingerprint density at radius 3 is 2.42 bits per heavy atom. The van der Waals surface area contributed by atoms with Crippen molar-refractivity contribution in [3.8, 4) is 0 Å². The summed E-state index contributed by atoms with van der Waals surface area (Å²) in [7, 11) is 3.71. The summed E-state index contributed by atoms with van der Waals surface area (Å²) in [6.45, 7) is 5.91. The number of rotatable bonds is 2. The molecule has 0 N–H and O–H groups in total. The van der Waals surface area contributed by atoms with Crippen LogP contribution in [-0.4, -0.2) is 42.1 Å². The molecule has 0 unspecified atom stereocenters. The fourth-order valence-corrected chi connectivity index (χ4v) is 2.76. The van der Waals surface area contributed by atoms with Crippen molar-refractivity contribution in [1.29, 1.82) is 0 Å². The molecule has 0 spiro atoms. The third kappa shape index (κ3) is 4.20. The molecule has 0 fully saturated rings. The molecule has 1 heterocycles. The van der Waals surface area contributed by atoms with Crippen LogP contribution in [0, 0.1) is 0 Å². The second kappa shape index (κ2) is 6.27. The van der Waals surface area contributed by atoms with Crippen LogP contribution >= 0.6 is 0 Å². The summed E-state index contributed by atoms with van der Waals surface area (Å²) >= 11 is 0. The fourth-order valence-electron chi connectivity index (χ4n) is 2.76. The van der Waals surface area contributed by atoms with Crippen molar-refractivity contribution in [3.63, 3.8) is 0 Å². The van der Waals surface area contributed by atoms with Crippen molar-refractivity contribution in [2.75, 3.05) is 20.6 Å². The fraction of sp³-hybridized carbons (Fsp3) is 0.588. The van der Waals surface area contributed by atoms with E-state index in [9.17, 15) is 18.0 Å². The van der Waals surface area contributed by atoms with Gasteiger partial charge in [0.05, 0.1) is 18.2 Å². The molecule has 134 valence electrons. The van der Waals surface area contributed by atoms with Gasteiger partial charge < -0.3 is 9.64 Å². The largest absolute Gasteiger partial charge is 0.444 e. The predicted molar refractivity (Wildman–Crippen MR) is 84.5 cm³/mol. The Labute approximate surface area is 140 Å².